The molecule has 0 saturated carbocycles. The van der Waals surface area contributed by atoms with Gasteiger partial charge in [-0.1, -0.05) is 18.2 Å². The summed E-state index contributed by atoms with van der Waals surface area (Å²) in [5, 5.41) is 3.01. The maximum Gasteiger partial charge on any atom is 0.220 e. The summed E-state index contributed by atoms with van der Waals surface area (Å²) in [6.45, 7) is 4.96. The molecule has 2 rings (SSSR count). The number of hydrogen-bond donors (Lipinski definition) is 1. The first-order valence-electron chi connectivity index (χ1n) is 8.69. The van der Waals surface area contributed by atoms with Gasteiger partial charge >= 0.3 is 0 Å². The van der Waals surface area contributed by atoms with Crippen molar-refractivity contribution < 1.29 is 4.79 Å². The average molecular weight is 357 g/mol. The van der Waals surface area contributed by atoms with Gasteiger partial charge in [0.1, 0.15) is 0 Å². The molecule has 2 aromatic rings. The van der Waals surface area contributed by atoms with Crippen molar-refractivity contribution in [1.82, 2.24) is 5.32 Å². The van der Waals surface area contributed by atoms with Gasteiger partial charge in [-0.05, 0) is 61.2 Å². The molecule has 0 aliphatic heterocycles. The van der Waals surface area contributed by atoms with Crippen molar-refractivity contribution in [3.05, 3.63) is 59.2 Å². The molecule has 0 aliphatic carbocycles. The van der Waals surface area contributed by atoms with Gasteiger partial charge in [-0.15, -0.1) is 11.8 Å². The minimum Gasteiger partial charge on any atom is -0.378 e. The standard InChI is InChI=1S/C21H28N2OS/c1-16-5-11-20(15-17(16)2)25-14-13-22-21(24)12-8-18-6-9-19(10-7-18)23(3)4/h5-7,9-11,15H,8,12-14H2,1-4H3,(H,22,24). The maximum absolute atomic E-state index is 12.0. The molecule has 4 heteroatoms. The fourth-order valence-electron chi connectivity index (χ4n) is 2.47. The Balaban J connectivity index is 1.66. The van der Waals surface area contributed by atoms with E-state index >= 15 is 0 Å². The van der Waals surface area contributed by atoms with E-state index in [1.807, 2.05) is 14.1 Å². The monoisotopic (exact) mass is 356 g/mol. The van der Waals surface area contributed by atoms with E-state index in [1.54, 1.807) is 11.8 Å². The topological polar surface area (TPSA) is 32.3 Å². The number of nitrogens with one attached hydrogen (secondary N) is 1. The van der Waals surface area contributed by atoms with Crippen LogP contribution in [0, 0.1) is 13.8 Å². The molecular formula is C21H28N2OS. The average Bonchev–Trinajstić information content (AvgIpc) is 2.60. The Kier molecular flexibility index (Phi) is 7.38. The number of rotatable bonds is 8. The number of benzene rings is 2. The lowest BCUT2D eigenvalue weighted by Gasteiger charge is -2.12. The van der Waals surface area contributed by atoms with E-state index in [1.165, 1.54) is 27.3 Å². The van der Waals surface area contributed by atoms with Gasteiger partial charge in [-0.25, -0.2) is 0 Å². The highest BCUT2D eigenvalue weighted by molar-refractivity contribution is 7.99. The third-order valence-corrected chi connectivity index (χ3v) is 5.26. The highest BCUT2D eigenvalue weighted by atomic mass is 32.2. The summed E-state index contributed by atoms with van der Waals surface area (Å²) in [6.07, 6.45) is 1.32. The minimum absolute atomic E-state index is 0.123. The summed E-state index contributed by atoms with van der Waals surface area (Å²) in [6, 6.07) is 14.9. The largest absolute Gasteiger partial charge is 0.378 e. The summed E-state index contributed by atoms with van der Waals surface area (Å²) in [5.74, 6) is 1.02. The second-order valence-electron chi connectivity index (χ2n) is 6.51. The third kappa shape index (κ3) is 6.46. The van der Waals surface area contributed by atoms with Crippen LogP contribution >= 0.6 is 11.8 Å². The summed E-state index contributed by atoms with van der Waals surface area (Å²) >= 11 is 1.78. The first kappa shape index (κ1) is 19.4. The third-order valence-electron chi connectivity index (χ3n) is 4.26. The van der Waals surface area contributed by atoms with Crippen LogP contribution in [0.4, 0.5) is 5.69 Å². The minimum atomic E-state index is 0.123. The van der Waals surface area contributed by atoms with Gasteiger partial charge in [0.25, 0.3) is 0 Å². The molecule has 0 unspecified atom stereocenters. The molecule has 0 atom stereocenters. The van der Waals surface area contributed by atoms with Crippen molar-refractivity contribution in [2.45, 2.75) is 31.6 Å². The van der Waals surface area contributed by atoms with Crippen molar-refractivity contribution >= 4 is 23.4 Å². The van der Waals surface area contributed by atoms with Crippen LogP contribution in [-0.4, -0.2) is 32.3 Å². The zero-order chi connectivity index (χ0) is 18.2. The van der Waals surface area contributed by atoms with Crippen LogP contribution < -0.4 is 10.2 Å². The Morgan fingerprint density at radius 2 is 1.76 bits per heavy atom. The maximum atomic E-state index is 12.0. The van der Waals surface area contributed by atoms with Gasteiger partial charge in [-0.3, -0.25) is 4.79 Å². The van der Waals surface area contributed by atoms with E-state index in [4.69, 9.17) is 0 Å². The van der Waals surface area contributed by atoms with E-state index in [2.05, 4.69) is 66.5 Å². The summed E-state index contributed by atoms with van der Waals surface area (Å²) in [5.41, 5.74) is 5.01. The second-order valence-corrected chi connectivity index (χ2v) is 7.67. The van der Waals surface area contributed by atoms with Crippen molar-refractivity contribution in [3.63, 3.8) is 0 Å². The van der Waals surface area contributed by atoms with Crippen molar-refractivity contribution in [2.75, 3.05) is 31.3 Å². The number of carbonyl (C=O) groups is 1. The molecule has 0 aliphatic rings. The molecule has 1 N–H and O–H groups in total. The lowest BCUT2D eigenvalue weighted by molar-refractivity contribution is -0.120. The van der Waals surface area contributed by atoms with Crippen LogP contribution in [0.5, 0.6) is 0 Å². The van der Waals surface area contributed by atoms with Crippen LogP contribution in [0.15, 0.2) is 47.4 Å². The fourth-order valence-corrected chi connectivity index (χ4v) is 3.33. The zero-order valence-corrected chi connectivity index (χ0v) is 16.5. The second kappa shape index (κ2) is 9.52. The first-order chi connectivity index (χ1) is 12.0. The number of amides is 1. The molecule has 0 fully saturated rings. The fraction of sp³-hybridized carbons (Fsp3) is 0.381. The number of aryl methyl sites for hydroxylation is 3. The van der Waals surface area contributed by atoms with Gasteiger partial charge in [0.15, 0.2) is 0 Å². The van der Waals surface area contributed by atoms with Gasteiger partial charge < -0.3 is 10.2 Å². The van der Waals surface area contributed by atoms with Crippen LogP contribution in [0.2, 0.25) is 0 Å². The smallest absolute Gasteiger partial charge is 0.220 e. The van der Waals surface area contributed by atoms with Crippen LogP contribution in [-0.2, 0) is 11.2 Å². The zero-order valence-electron chi connectivity index (χ0n) is 15.6. The van der Waals surface area contributed by atoms with Gasteiger partial charge in [0, 0.05) is 43.4 Å². The summed E-state index contributed by atoms with van der Waals surface area (Å²) in [7, 11) is 4.05. The number of hydrogen-bond acceptors (Lipinski definition) is 3. The van der Waals surface area contributed by atoms with Crippen molar-refractivity contribution in [3.8, 4) is 0 Å². The molecule has 0 spiro atoms. The van der Waals surface area contributed by atoms with E-state index in [9.17, 15) is 4.79 Å². The highest BCUT2D eigenvalue weighted by Gasteiger charge is 2.03. The number of nitrogens with zero attached hydrogens (tertiary/aromatic N) is 1. The number of carbonyl (C=O) groups excluding carboxylic acids is 1. The van der Waals surface area contributed by atoms with Crippen molar-refractivity contribution in [1.29, 1.82) is 0 Å². The lowest BCUT2D eigenvalue weighted by atomic mass is 10.1. The van der Waals surface area contributed by atoms with E-state index in [-0.39, 0.29) is 5.91 Å². The molecule has 2 aromatic carbocycles. The van der Waals surface area contributed by atoms with Gasteiger partial charge in [0.05, 0.1) is 0 Å². The Morgan fingerprint density at radius 3 is 2.40 bits per heavy atom. The van der Waals surface area contributed by atoms with Gasteiger partial charge in [-0.2, -0.15) is 0 Å². The summed E-state index contributed by atoms with van der Waals surface area (Å²) in [4.78, 5) is 15.3. The molecule has 3 nitrogen and oxygen atoms in total. The Labute approximate surface area is 155 Å². The van der Waals surface area contributed by atoms with Crippen LogP contribution in [0.1, 0.15) is 23.1 Å². The molecule has 0 bridgehead atoms. The predicted octanol–water partition coefficient (Wildman–Crippen LogP) is 4.21. The molecule has 0 aromatic heterocycles. The highest BCUT2D eigenvalue weighted by Crippen LogP contribution is 2.20. The Bertz CT molecular complexity index is 696. The molecule has 0 radical (unpaired) electrons. The Morgan fingerprint density at radius 1 is 1.04 bits per heavy atom. The molecular weight excluding hydrogens is 328 g/mol. The summed E-state index contributed by atoms with van der Waals surface area (Å²) < 4.78 is 0. The van der Waals surface area contributed by atoms with E-state index in [0.29, 0.717) is 13.0 Å². The van der Waals surface area contributed by atoms with E-state index in [0.717, 1.165) is 12.2 Å². The molecule has 0 saturated heterocycles. The molecule has 25 heavy (non-hydrogen) atoms. The van der Waals surface area contributed by atoms with Gasteiger partial charge in [0.2, 0.25) is 5.91 Å². The van der Waals surface area contributed by atoms with Crippen LogP contribution in [0.25, 0.3) is 0 Å². The Hall–Kier alpha value is -1.94. The predicted molar refractivity (Wildman–Crippen MR) is 109 cm³/mol. The lowest BCUT2D eigenvalue weighted by Crippen LogP contribution is -2.25. The molecule has 134 valence electrons. The first-order valence-corrected chi connectivity index (χ1v) is 9.67. The quantitative estimate of drug-likeness (QED) is 0.568. The number of thioether (sulfide) groups is 1. The normalized spacial score (nSPS) is 10.6. The molecule has 1 amide bonds. The molecule has 0 heterocycles. The SMILES string of the molecule is Cc1ccc(SCCNC(=O)CCc2ccc(N(C)C)cc2)cc1C. The van der Waals surface area contributed by atoms with Crippen LogP contribution in [0.3, 0.4) is 0 Å². The number of anilines is 1. The van der Waals surface area contributed by atoms with Crippen molar-refractivity contribution in [2.24, 2.45) is 0 Å². The van der Waals surface area contributed by atoms with E-state index < -0.39 is 0 Å².